The first-order chi connectivity index (χ1) is 16.5. The monoisotopic (exact) mass is 480 g/mol. The van der Waals surface area contributed by atoms with E-state index in [0.29, 0.717) is 30.2 Å². The van der Waals surface area contributed by atoms with Crippen LogP contribution in [0, 0.1) is 0 Å². The lowest BCUT2D eigenvalue weighted by Crippen LogP contribution is -2.47. The first kappa shape index (κ1) is 22.7. The Morgan fingerprint density at radius 2 is 1.79 bits per heavy atom. The molecule has 1 saturated heterocycles. The Hall–Kier alpha value is -3.03. The van der Waals surface area contributed by atoms with Crippen molar-refractivity contribution in [1.29, 1.82) is 0 Å². The predicted octanol–water partition coefficient (Wildman–Crippen LogP) is 4.31. The van der Waals surface area contributed by atoms with Crippen LogP contribution in [0.25, 0.3) is 10.9 Å². The van der Waals surface area contributed by atoms with Crippen LogP contribution < -0.4 is 0 Å². The molecule has 0 bridgehead atoms. The Labute approximate surface area is 204 Å². The zero-order valence-electron chi connectivity index (χ0n) is 19.5. The Bertz CT molecular complexity index is 1210. The second-order valence-electron chi connectivity index (χ2n) is 8.97. The van der Waals surface area contributed by atoms with E-state index in [1.165, 1.54) is 5.56 Å². The molecule has 0 radical (unpaired) electrons. The van der Waals surface area contributed by atoms with Crippen LogP contribution in [0.15, 0.2) is 42.5 Å². The van der Waals surface area contributed by atoms with Gasteiger partial charge in [-0.05, 0) is 61.9 Å². The Balaban J connectivity index is 1.50. The van der Waals surface area contributed by atoms with Crippen LogP contribution in [-0.4, -0.2) is 78.1 Å². The molecule has 2 aliphatic rings. The number of hydrogen-bond acceptors (Lipinski definition) is 4. The molecule has 3 aromatic rings. The van der Waals surface area contributed by atoms with Gasteiger partial charge in [0.1, 0.15) is 6.04 Å². The lowest BCUT2D eigenvalue weighted by Gasteiger charge is -2.35. The number of amides is 2. The van der Waals surface area contributed by atoms with Crippen molar-refractivity contribution in [2.75, 3.05) is 46.4 Å². The highest BCUT2D eigenvalue weighted by Gasteiger charge is 2.35. The summed E-state index contributed by atoms with van der Waals surface area (Å²) in [6.07, 6.45) is 0.373. The second-order valence-corrected chi connectivity index (χ2v) is 9.41. The number of fused-ring (bicyclic) bond motifs is 3. The lowest BCUT2D eigenvalue weighted by molar-refractivity contribution is 0.0663. The summed E-state index contributed by atoms with van der Waals surface area (Å²) in [6, 6.07) is 13.1. The van der Waals surface area contributed by atoms with E-state index in [4.69, 9.17) is 16.3 Å². The molecule has 3 heterocycles. The SMILES string of the molecule is CCOC(=O)N1CCc2c([nH]c3ccc(Cl)cc23)C1c1ccc(C(=O)N2CCN(C)CC2)cc1. The van der Waals surface area contributed by atoms with Gasteiger partial charge in [0.25, 0.3) is 5.91 Å². The minimum Gasteiger partial charge on any atom is -0.450 e. The van der Waals surface area contributed by atoms with E-state index < -0.39 is 0 Å². The summed E-state index contributed by atoms with van der Waals surface area (Å²) in [7, 11) is 2.07. The van der Waals surface area contributed by atoms with Gasteiger partial charge in [0, 0.05) is 59.9 Å². The number of ether oxygens (including phenoxy) is 1. The van der Waals surface area contributed by atoms with Crippen LogP contribution in [0.1, 0.15) is 40.1 Å². The average Bonchev–Trinajstić information content (AvgIpc) is 3.21. The van der Waals surface area contributed by atoms with Gasteiger partial charge in [0.15, 0.2) is 0 Å². The van der Waals surface area contributed by atoms with E-state index in [9.17, 15) is 9.59 Å². The molecule has 0 aliphatic carbocycles. The molecular weight excluding hydrogens is 452 g/mol. The van der Waals surface area contributed by atoms with Crippen molar-refractivity contribution in [3.05, 3.63) is 69.9 Å². The summed E-state index contributed by atoms with van der Waals surface area (Å²) < 4.78 is 5.38. The molecule has 7 nitrogen and oxygen atoms in total. The molecule has 0 saturated carbocycles. The predicted molar refractivity (Wildman–Crippen MR) is 132 cm³/mol. The molecular formula is C26H29ClN4O3. The van der Waals surface area contributed by atoms with Crippen LogP contribution in [0.2, 0.25) is 5.02 Å². The van der Waals surface area contributed by atoms with Gasteiger partial charge in [-0.2, -0.15) is 0 Å². The maximum Gasteiger partial charge on any atom is 0.410 e. The highest BCUT2D eigenvalue weighted by atomic mass is 35.5. The van der Waals surface area contributed by atoms with Crippen LogP contribution in [0.3, 0.4) is 0 Å². The summed E-state index contributed by atoms with van der Waals surface area (Å²) in [5.74, 6) is 0.0477. The van der Waals surface area contributed by atoms with E-state index >= 15 is 0 Å². The number of aromatic amines is 1. The van der Waals surface area contributed by atoms with E-state index in [1.807, 2.05) is 54.3 Å². The Morgan fingerprint density at radius 3 is 2.50 bits per heavy atom. The normalized spacial score (nSPS) is 18.7. The summed E-state index contributed by atoms with van der Waals surface area (Å²) >= 11 is 6.27. The topological polar surface area (TPSA) is 68.9 Å². The fraction of sp³-hybridized carbons (Fsp3) is 0.385. The van der Waals surface area contributed by atoms with Crippen molar-refractivity contribution < 1.29 is 14.3 Å². The molecule has 1 aromatic heterocycles. The fourth-order valence-corrected chi connectivity index (χ4v) is 5.18. The molecule has 1 fully saturated rings. The number of halogens is 1. The number of rotatable bonds is 3. The zero-order valence-corrected chi connectivity index (χ0v) is 20.3. The van der Waals surface area contributed by atoms with E-state index in [0.717, 1.165) is 48.3 Å². The molecule has 34 heavy (non-hydrogen) atoms. The summed E-state index contributed by atoms with van der Waals surface area (Å²) in [5, 5.41) is 1.77. The second kappa shape index (κ2) is 9.31. The summed E-state index contributed by atoms with van der Waals surface area (Å²) in [4.78, 5) is 35.3. The lowest BCUT2D eigenvalue weighted by atomic mass is 9.92. The highest BCUT2D eigenvalue weighted by Crippen LogP contribution is 2.39. The van der Waals surface area contributed by atoms with E-state index in [1.54, 1.807) is 4.90 Å². The number of hydrogen-bond donors (Lipinski definition) is 1. The standard InChI is InChI=1S/C26H29ClN4O3/c1-3-34-26(33)31-11-10-20-21-16-19(27)8-9-22(21)28-23(20)24(31)17-4-6-18(7-5-17)25(32)30-14-12-29(2)13-15-30/h4-9,16,24,28H,3,10-15H2,1-2H3. The number of nitrogens with zero attached hydrogens (tertiary/aromatic N) is 3. The third-order valence-electron chi connectivity index (χ3n) is 6.86. The van der Waals surface area contributed by atoms with Gasteiger partial charge in [0.05, 0.1) is 6.61 Å². The minimum absolute atomic E-state index is 0.0477. The number of benzene rings is 2. The van der Waals surface area contributed by atoms with Crippen molar-refractivity contribution in [2.24, 2.45) is 0 Å². The number of piperazine rings is 1. The molecule has 2 aliphatic heterocycles. The van der Waals surface area contributed by atoms with Gasteiger partial charge >= 0.3 is 6.09 Å². The average molecular weight is 481 g/mol. The van der Waals surface area contributed by atoms with Crippen LogP contribution in [0.4, 0.5) is 4.79 Å². The third kappa shape index (κ3) is 4.14. The maximum atomic E-state index is 13.0. The molecule has 2 amide bonds. The minimum atomic E-state index is -0.340. The number of aromatic nitrogens is 1. The first-order valence-electron chi connectivity index (χ1n) is 11.8. The number of carbonyl (C=O) groups is 2. The Morgan fingerprint density at radius 1 is 1.06 bits per heavy atom. The first-order valence-corrected chi connectivity index (χ1v) is 12.1. The van der Waals surface area contributed by atoms with Crippen LogP contribution in [0.5, 0.6) is 0 Å². The Kier molecular flexibility index (Phi) is 6.23. The van der Waals surface area contributed by atoms with Gasteiger partial charge in [-0.15, -0.1) is 0 Å². The number of nitrogens with one attached hydrogen (secondary N) is 1. The molecule has 1 atom stereocenters. The zero-order chi connectivity index (χ0) is 23.8. The third-order valence-corrected chi connectivity index (χ3v) is 7.09. The number of H-pyrrole nitrogens is 1. The van der Waals surface area contributed by atoms with Crippen molar-refractivity contribution in [2.45, 2.75) is 19.4 Å². The van der Waals surface area contributed by atoms with Crippen LogP contribution >= 0.6 is 11.6 Å². The van der Waals surface area contributed by atoms with Crippen LogP contribution in [-0.2, 0) is 11.2 Å². The smallest absolute Gasteiger partial charge is 0.410 e. The fourth-order valence-electron chi connectivity index (χ4n) is 5.01. The van der Waals surface area contributed by atoms with Crippen molar-refractivity contribution in [1.82, 2.24) is 19.7 Å². The largest absolute Gasteiger partial charge is 0.450 e. The van der Waals surface area contributed by atoms with Crippen molar-refractivity contribution in [3.8, 4) is 0 Å². The molecule has 1 N–H and O–H groups in total. The molecule has 5 rings (SSSR count). The molecule has 178 valence electrons. The van der Waals surface area contributed by atoms with Crippen molar-refractivity contribution >= 4 is 34.5 Å². The van der Waals surface area contributed by atoms with Gasteiger partial charge in [-0.3, -0.25) is 9.69 Å². The van der Waals surface area contributed by atoms with Gasteiger partial charge in [-0.1, -0.05) is 23.7 Å². The summed E-state index contributed by atoms with van der Waals surface area (Å²) in [5.41, 5.74) is 4.72. The molecule has 2 aromatic carbocycles. The number of carbonyl (C=O) groups excluding carboxylic acids is 2. The molecule has 0 spiro atoms. The molecule has 8 heteroatoms. The van der Waals surface area contributed by atoms with Gasteiger partial charge in [0.2, 0.25) is 0 Å². The quantitative estimate of drug-likeness (QED) is 0.606. The van der Waals surface area contributed by atoms with E-state index in [-0.39, 0.29) is 18.0 Å². The summed E-state index contributed by atoms with van der Waals surface area (Å²) in [6.45, 7) is 5.90. The van der Waals surface area contributed by atoms with Gasteiger partial charge < -0.3 is 19.5 Å². The van der Waals surface area contributed by atoms with Gasteiger partial charge in [-0.25, -0.2) is 4.79 Å². The number of likely N-dealkylation sites (N-methyl/N-ethyl adjacent to an activating group) is 1. The van der Waals surface area contributed by atoms with Crippen molar-refractivity contribution in [3.63, 3.8) is 0 Å². The van der Waals surface area contributed by atoms with E-state index in [2.05, 4.69) is 16.9 Å². The molecule has 1 unspecified atom stereocenters. The highest BCUT2D eigenvalue weighted by molar-refractivity contribution is 6.31. The maximum absolute atomic E-state index is 13.0.